The molecule has 4 nitrogen and oxygen atoms in total. The average Bonchev–Trinajstić information content (AvgIpc) is 2.96. The summed E-state index contributed by atoms with van der Waals surface area (Å²) in [6.45, 7) is 6.10. The third-order valence-electron chi connectivity index (χ3n) is 4.23. The average molecular weight is 352 g/mol. The van der Waals surface area contributed by atoms with E-state index in [2.05, 4.69) is 34.1 Å². The molecular weight excluding hydrogens is 330 g/mol. The summed E-state index contributed by atoms with van der Waals surface area (Å²) in [5.41, 5.74) is 2.68. The van der Waals surface area contributed by atoms with Gasteiger partial charge in [-0.1, -0.05) is 13.8 Å². The van der Waals surface area contributed by atoms with Gasteiger partial charge in [-0.25, -0.2) is 23.7 Å². The van der Waals surface area contributed by atoms with Crippen molar-refractivity contribution >= 4 is 17.3 Å². The number of nitrogens with one attached hydrogen (secondary N) is 1. The second-order valence-corrected chi connectivity index (χ2v) is 7.58. The molecule has 2 aromatic rings. The Labute approximate surface area is 144 Å². The molecule has 0 radical (unpaired) electrons. The molecule has 1 N–H and O–H groups in total. The summed E-state index contributed by atoms with van der Waals surface area (Å²) in [6.07, 6.45) is 0.724. The fourth-order valence-electron chi connectivity index (χ4n) is 2.77. The summed E-state index contributed by atoms with van der Waals surface area (Å²) in [6, 6.07) is 1.96. The van der Waals surface area contributed by atoms with Gasteiger partial charge in [0.1, 0.15) is 10.7 Å². The van der Waals surface area contributed by atoms with Crippen LogP contribution in [0.5, 0.6) is 0 Å². The number of thiazole rings is 1. The maximum Gasteiger partial charge on any atom is 0.248 e. The highest BCUT2D eigenvalue weighted by Crippen LogP contribution is 2.34. The van der Waals surface area contributed by atoms with Gasteiger partial charge in [0.05, 0.1) is 0 Å². The maximum absolute atomic E-state index is 13.3. The van der Waals surface area contributed by atoms with E-state index in [4.69, 9.17) is 0 Å². The summed E-state index contributed by atoms with van der Waals surface area (Å²) in [7, 11) is 0. The van der Waals surface area contributed by atoms with E-state index in [-0.39, 0.29) is 24.8 Å². The number of hydrogen-bond donors (Lipinski definition) is 1. The van der Waals surface area contributed by atoms with Gasteiger partial charge in [0.2, 0.25) is 11.9 Å². The number of rotatable bonds is 4. The van der Waals surface area contributed by atoms with Crippen molar-refractivity contribution < 1.29 is 8.78 Å². The van der Waals surface area contributed by atoms with Gasteiger partial charge in [-0.2, -0.15) is 0 Å². The van der Waals surface area contributed by atoms with E-state index < -0.39 is 5.92 Å². The molecule has 0 spiro atoms. The van der Waals surface area contributed by atoms with Crippen molar-refractivity contribution in [3.05, 3.63) is 22.8 Å². The maximum atomic E-state index is 13.3. The first kappa shape index (κ1) is 17.2. The van der Waals surface area contributed by atoms with Crippen molar-refractivity contribution in [2.24, 2.45) is 0 Å². The molecule has 0 unspecified atom stereocenters. The van der Waals surface area contributed by atoms with E-state index >= 15 is 0 Å². The first-order chi connectivity index (χ1) is 11.3. The third-order valence-corrected chi connectivity index (χ3v) is 5.21. The normalized spacial score (nSPS) is 18.1. The molecule has 1 aliphatic rings. The van der Waals surface area contributed by atoms with Crippen LogP contribution in [0.15, 0.2) is 11.4 Å². The van der Waals surface area contributed by atoms with Gasteiger partial charge in [-0.3, -0.25) is 0 Å². The number of aryl methyl sites for hydroxylation is 1. The van der Waals surface area contributed by atoms with Crippen LogP contribution in [0.2, 0.25) is 0 Å². The van der Waals surface area contributed by atoms with Crippen molar-refractivity contribution in [1.82, 2.24) is 15.0 Å². The van der Waals surface area contributed by atoms with E-state index in [0.717, 1.165) is 22.1 Å². The summed E-state index contributed by atoms with van der Waals surface area (Å²) in [5.74, 6) is -1.76. The first-order valence-corrected chi connectivity index (χ1v) is 9.16. The monoisotopic (exact) mass is 352 g/mol. The minimum absolute atomic E-state index is 0.00193. The lowest BCUT2D eigenvalue weighted by atomic mass is 9.92. The summed E-state index contributed by atoms with van der Waals surface area (Å²) in [5, 5.41) is 6.10. The Morgan fingerprint density at radius 1 is 1.21 bits per heavy atom. The van der Waals surface area contributed by atoms with Crippen LogP contribution >= 0.6 is 11.3 Å². The van der Waals surface area contributed by atoms with Crippen molar-refractivity contribution in [2.75, 3.05) is 5.32 Å². The van der Waals surface area contributed by atoms with Crippen LogP contribution < -0.4 is 5.32 Å². The molecule has 7 heteroatoms. The Morgan fingerprint density at radius 3 is 2.50 bits per heavy atom. The number of hydrogen-bond acceptors (Lipinski definition) is 5. The van der Waals surface area contributed by atoms with Gasteiger partial charge in [-0.15, -0.1) is 11.3 Å². The van der Waals surface area contributed by atoms with E-state index in [1.54, 1.807) is 11.3 Å². The molecule has 1 fully saturated rings. The number of halogens is 2. The van der Waals surface area contributed by atoms with Crippen LogP contribution in [0.3, 0.4) is 0 Å². The van der Waals surface area contributed by atoms with Crippen molar-refractivity contribution in [1.29, 1.82) is 0 Å². The fourth-order valence-corrected chi connectivity index (χ4v) is 3.53. The topological polar surface area (TPSA) is 50.7 Å². The SMILES string of the molecule is Cc1csc(-c2cc(C(C)C)nc(NC3CCC(F)(F)CC3)n2)n1. The zero-order valence-corrected chi connectivity index (χ0v) is 15.0. The minimum atomic E-state index is -2.53. The Morgan fingerprint density at radius 2 is 1.92 bits per heavy atom. The Kier molecular flexibility index (Phi) is 4.80. The largest absolute Gasteiger partial charge is 0.351 e. The van der Waals surface area contributed by atoms with E-state index in [1.165, 1.54) is 0 Å². The highest BCUT2D eigenvalue weighted by molar-refractivity contribution is 7.13. The predicted molar refractivity (Wildman–Crippen MR) is 92.8 cm³/mol. The van der Waals surface area contributed by atoms with Gasteiger partial charge in [0.25, 0.3) is 0 Å². The Bertz CT molecular complexity index is 704. The number of alkyl halides is 2. The lowest BCUT2D eigenvalue weighted by molar-refractivity contribution is -0.0361. The minimum Gasteiger partial charge on any atom is -0.351 e. The van der Waals surface area contributed by atoms with Gasteiger partial charge in [-0.05, 0) is 31.7 Å². The smallest absolute Gasteiger partial charge is 0.248 e. The Hall–Kier alpha value is -1.63. The zero-order valence-electron chi connectivity index (χ0n) is 14.1. The van der Waals surface area contributed by atoms with Gasteiger partial charge in [0.15, 0.2) is 0 Å². The molecule has 0 amide bonds. The molecule has 0 aromatic carbocycles. The molecule has 0 bridgehead atoms. The fraction of sp³-hybridized carbons (Fsp3) is 0.588. The van der Waals surface area contributed by atoms with Crippen LogP contribution in [0.4, 0.5) is 14.7 Å². The van der Waals surface area contributed by atoms with Gasteiger partial charge < -0.3 is 5.32 Å². The first-order valence-electron chi connectivity index (χ1n) is 8.28. The Balaban J connectivity index is 1.83. The molecule has 1 aliphatic carbocycles. The highest BCUT2D eigenvalue weighted by atomic mass is 32.1. The molecular formula is C17H22F2N4S. The standard InChI is InChI=1S/C17H22F2N4S/c1-10(2)13-8-14(15-20-11(3)9-24-15)23-16(22-13)21-12-4-6-17(18,19)7-5-12/h8-10,12H,4-7H2,1-3H3,(H,21,22,23). The second kappa shape index (κ2) is 6.70. The number of nitrogens with zero attached hydrogens (tertiary/aromatic N) is 3. The molecule has 2 aromatic heterocycles. The lowest BCUT2D eigenvalue weighted by Gasteiger charge is -2.29. The van der Waals surface area contributed by atoms with Gasteiger partial charge >= 0.3 is 0 Å². The molecule has 24 heavy (non-hydrogen) atoms. The van der Waals surface area contributed by atoms with Crippen LogP contribution in [-0.4, -0.2) is 26.9 Å². The molecule has 3 rings (SSSR count). The molecule has 0 saturated heterocycles. The predicted octanol–water partition coefficient (Wildman–Crippen LogP) is 5.02. The second-order valence-electron chi connectivity index (χ2n) is 6.72. The molecule has 0 aliphatic heterocycles. The number of aromatic nitrogens is 3. The highest BCUT2D eigenvalue weighted by Gasteiger charge is 2.35. The summed E-state index contributed by atoms with van der Waals surface area (Å²) >= 11 is 1.55. The van der Waals surface area contributed by atoms with Crippen molar-refractivity contribution in [3.63, 3.8) is 0 Å². The van der Waals surface area contributed by atoms with E-state index in [9.17, 15) is 8.78 Å². The molecule has 130 valence electrons. The lowest BCUT2D eigenvalue weighted by Crippen LogP contribution is -2.32. The zero-order chi connectivity index (χ0) is 17.3. The molecule has 1 saturated carbocycles. The van der Waals surface area contributed by atoms with Gasteiger partial charge in [0, 0.05) is 35.7 Å². The molecule has 0 atom stereocenters. The summed E-state index contributed by atoms with van der Waals surface area (Å²) < 4.78 is 26.6. The number of anilines is 1. The van der Waals surface area contributed by atoms with Crippen LogP contribution in [0.1, 0.15) is 56.8 Å². The quantitative estimate of drug-likeness (QED) is 0.839. The van der Waals surface area contributed by atoms with E-state index in [0.29, 0.717) is 18.8 Å². The van der Waals surface area contributed by atoms with E-state index in [1.807, 2.05) is 18.4 Å². The van der Waals surface area contributed by atoms with Crippen molar-refractivity contribution in [3.8, 4) is 10.7 Å². The van der Waals surface area contributed by atoms with Crippen LogP contribution in [0, 0.1) is 6.92 Å². The summed E-state index contributed by atoms with van der Waals surface area (Å²) in [4.78, 5) is 13.6. The van der Waals surface area contributed by atoms with Crippen LogP contribution in [0.25, 0.3) is 10.7 Å². The van der Waals surface area contributed by atoms with Crippen LogP contribution in [-0.2, 0) is 0 Å². The van der Waals surface area contributed by atoms with Crippen molar-refractivity contribution in [2.45, 2.75) is 64.3 Å². The third kappa shape index (κ3) is 4.06. The molecule has 2 heterocycles.